The van der Waals surface area contributed by atoms with Gasteiger partial charge in [-0.1, -0.05) is 45.8 Å². The Morgan fingerprint density at radius 1 is 1.38 bits per heavy atom. The quantitative estimate of drug-likeness (QED) is 0.473. The average molecular weight is 345 g/mol. The van der Waals surface area contributed by atoms with E-state index in [2.05, 4.69) is 22.6 Å². The molecule has 0 spiro atoms. The van der Waals surface area contributed by atoms with Crippen molar-refractivity contribution < 1.29 is 0 Å². The van der Waals surface area contributed by atoms with E-state index in [4.69, 9.17) is 23.2 Å². The van der Waals surface area contributed by atoms with Crippen molar-refractivity contribution in [1.82, 2.24) is 0 Å². The molecule has 1 heterocycles. The zero-order valence-electron chi connectivity index (χ0n) is 6.69. The van der Waals surface area contributed by atoms with Crippen LogP contribution in [0, 0.1) is 0 Å². The lowest BCUT2D eigenvalue weighted by Gasteiger charge is -2.21. The standard InChI is InChI=1S/C9H7Cl2IS/c10-5-3-6-8(12)1-2-13-9(6)7(11)4-5/h3-4,8H,1-2H2. The number of rotatable bonds is 0. The summed E-state index contributed by atoms with van der Waals surface area (Å²) in [4.78, 5) is 1.22. The first-order valence-corrected chi connectivity index (χ1v) is 6.93. The van der Waals surface area contributed by atoms with Crippen molar-refractivity contribution in [2.24, 2.45) is 0 Å². The highest BCUT2D eigenvalue weighted by Gasteiger charge is 2.20. The number of hydrogen-bond donors (Lipinski definition) is 0. The third kappa shape index (κ3) is 2.11. The number of thioether (sulfide) groups is 1. The maximum Gasteiger partial charge on any atom is 0.0559 e. The fourth-order valence-electron chi connectivity index (χ4n) is 1.39. The first kappa shape index (κ1) is 10.4. The number of fused-ring (bicyclic) bond motifs is 1. The van der Waals surface area contributed by atoms with Gasteiger partial charge in [0, 0.05) is 13.8 Å². The molecule has 1 aliphatic heterocycles. The van der Waals surface area contributed by atoms with E-state index >= 15 is 0 Å². The Morgan fingerprint density at radius 2 is 2.15 bits per heavy atom. The first-order valence-electron chi connectivity index (χ1n) is 3.94. The maximum atomic E-state index is 6.10. The van der Waals surface area contributed by atoms with Gasteiger partial charge in [-0.3, -0.25) is 0 Å². The minimum atomic E-state index is 0.560. The van der Waals surface area contributed by atoms with Crippen LogP contribution in [0.3, 0.4) is 0 Å². The summed E-state index contributed by atoms with van der Waals surface area (Å²) >= 11 is 16.3. The molecular formula is C9H7Cl2IS. The Hall–Kier alpha value is 0.880. The molecule has 2 rings (SSSR count). The molecule has 0 aliphatic carbocycles. The monoisotopic (exact) mass is 344 g/mol. The second-order valence-corrected chi connectivity index (χ2v) is 6.36. The number of hydrogen-bond acceptors (Lipinski definition) is 1. The van der Waals surface area contributed by atoms with Gasteiger partial charge < -0.3 is 0 Å². The van der Waals surface area contributed by atoms with Gasteiger partial charge in [-0.05, 0) is 29.9 Å². The van der Waals surface area contributed by atoms with E-state index in [-0.39, 0.29) is 0 Å². The summed E-state index contributed by atoms with van der Waals surface area (Å²) < 4.78 is 0.560. The van der Waals surface area contributed by atoms with Crippen molar-refractivity contribution in [3.63, 3.8) is 0 Å². The lowest BCUT2D eigenvalue weighted by atomic mass is 10.1. The highest BCUT2D eigenvalue weighted by atomic mass is 127. The zero-order valence-corrected chi connectivity index (χ0v) is 11.2. The Balaban J connectivity index is 2.56. The summed E-state index contributed by atoms with van der Waals surface area (Å²) in [5.74, 6) is 1.15. The average Bonchev–Trinajstić information content (AvgIpc) is 2.07. The molecule has 1 aromatic rings. The summed E-state index contributed by atoms with van der Waals surface area (Å²) in [6, 6.07) is 3.86. The molecule has 0 aromatic heterocycles. The maximum absolute atomic E-state index is 6.10. The van der Waals surface area contributed by atoms with Crippen molar-refractivity contribution in [2.45, 2.75) is 15.2 Å². The van der Waals surface area contributed by atoms with Crippen LogP contribution in [0.1, 0.15) is 15.9 Å². The molecule has 1 aliphatic rings. The molecular weight excluding hydrogens is 338 g/mol. The van der Waals surface area contributed by atoms with Crippen molar-refractivity contribution in [2.75, 3.05) is 5.75 Å². The van der Waals surface area contributed by atoms with Crippen LogP contribution in [0.25, 0.3) is 0 Å². The van der Waals surface area contributed by atoms with E-state index in [0.29, 0.717) is 3.92 Å². The lowest BCUT2D eigenvalue weighted by molar-refractivity contribution is 0.896. The molecule has 0 saturated carbocycles. The van der Waals surface area contributed by atoms with E-state index in [0.717, 1.165) is 15.8 Å². The molecule has 0 fully saturated rings. The van der Waals surface area contributed by atoms with Gasteiger partial charge >= 0.3 is 0 Å². The molecule has 0 bridgehead atoms. The molecule has 1 atom stereocenters. The Bertz CT molecular complexity index is 341. The number of halogens is 3. The summed E-state index contributed by atoms with van der Waals surface area (Å²) in [5, 5.41) is 1.54. The van der Waals surface area contributed by atoms with Gasteiger partial charge in [0.05, 0.1) is 5.02 Å². The third-order valence-corrected chi connectivity index (χ3v) is 5.10. The molecule has 13 heavy (non-hydrogen) atoms. The van der Waals surface area contributed by atoms with E-state index in [1.54, 1.807) is 0 Å². The van der Waals surface area contributed by atoms with Gasteiger partial charge in [0.1, 0.15) is 0 Å². The summed E-state index contributed by atoms with van der Waals surface area (Å²) in [6.45, 7) is 0. The third-order valence-electron chi connectivity index (χ3n) is 1.99. The van der Waals surface area contributed by atoms with Crippen molar-refractivity contribution in [3.8, 4) is 0 Å². The largest absolute Gasteiger partial charge is 0.124 e. The summed E-state index contributed by atoms with van der Waals surface area (Å²) in [5.41, 5.74) is 1.30. The van der Waals surface area contributed by atoms with Crippen LogP contribution in [-0.4, -0.2) is 5.75 Å². The first-order chi connectivity index (χ1) is 6.18. The molecule has 0 radical (unpaired) electrons. The van der Waals surface area contributed by atoms with E-state index in [1.807, 2.05) is 23.9 Å². The van der Waals surface area contributed by atoms with Gasteiger partial charge in [-0.2, -0.15) is 0 Å². The Morgan fingerprint density at radius 3 is 2.92 bits per heavy atom. The van der Waals surface area contributed by atoms with Gasteiger partial charge in [0.25, 0.3) is 0 Å². The van der Waals surface area contributed by atoms with Crippen molar-refractivity contribution in [3.05, 3.63) is 27.7 Å². The summed E-state index contributed by atoms with van der Waals surface area (Å²) in [7, 11) is 0. The molecule has 0 nitrogen and oxygen atoms in total. The van der Waals surface area contributed by atoms with E-state index in [1.165, 1.54) is 16.9 Å². The molecule has 4 heteroatoms. The topological polar surface area (TPSA) is 0 Å². The van der Waals surface area contributed by atoms with Gasteiger partial charge in [0.2, 0.25) is 0 Å². The van der Waals surface area contributed by atoms with Crippen LogP contribution in [0.2, 0.25) is 10.0 Å². The second kappa shape index (κ2) is 4.17. The second-order valence-electron chi connectivity index (χ2n) is 2.91. The fraction of sp³-hybridized carbons (Fsp3) is 0.333. The molecule has 0 N–H and O–H groups in total. The Labute approximate surface area is 106 Å². The van der Waals surface area contributed by atoms with Crippen LogP contribution in [0.4, 0.5) is 0 Å². The number of benzene rings is 1. The van der Waals surface area contributed by atoms with Crippen molar-refractivity contribution >= 4 is 57.6 Å². The van der Waals surface area contributed by atoms with Crippen LogP contribution < -0.4 is 0 Å². The van der Waals surface area contributed by atoms with Crippen LogP contribution in [0.15, 0.2) is 17.0 Å². The fourth-order valence-corrected chi connectivity index (χ4v) is 4.62. The lowest BCUT2D eigenvalue weighted by Crippen LogP contribution is -2.01. The van der Waals surface area contributed by atoms with E-state index in [9.17, 15) is 0 Å². The van der Waals surface area contributed by atoms with E-state index < -0.39 is 0 Å². The van der Waals surface area contributed by atoms with Gasteiger partial charge in [-0.15, -0.1) is 11.8 Å². The smallest absolute Gasteiger partial charge is 0.0559 e. The Kier molecular flexibility index (Phi) is 3.34. The SMILES string of the molecule is Clc1cc(Cl)c2c(c1)C(I)CCS2. The molecule has 1 unspecified atom stereocenters. The number of alkyl halides is 1. The predicted molar refractivity (Wildman–Crippen MR) is 68.6 cm³/mol. The van der Waals surface area contributed by atoms with Crippen LogP contribution >= 0.6 is 57.6 Å². The molecule has 0 amide bonds. The summed E-state index contributed by atoms with van der Waals surface area (Å²) in [6.07, 6.45) is 1.20. The van der Waals surface area contributed by atoms with Gasteiger partial charge in [-0.25, -0.2) is 0 Å². The molecule has 1 aromatic carbocycles. The molecule has 70 valence electrons. The minimum absolute atomic E-state index is 0.560. The highest BCUT2D eigenvalue weighted by molar-refractivity contribution is 14.1. The van der Waals surface area contributed by atoms with Crippen LogP contribution in [0.5, 0.6) is 0 Å². The van der Waals surface area contributed by atoms with Crippen LogP contribution in [-0.2, 0) is 0 Å². The predicted octanol–water partition coefficient (Wildman–Crippen LogP) is 4.97. The minimum Gasteiger partial charge on any atom is -0.124 e. The van der Waals surface area contributed by atoms with Gasteiger partial charge in [0.15, 0.2) is 0 Å². The highest BCUT2D eigenvalue weighted by Crippen LogP contribution is 2.45. The van der Waals surface area contributed by atoms with Crippen molar-refractivity contribution in [1.29, 1.82) is 0 Å². The zero-order chi connectivity index (χ0) is 9.42. The molecule has 0 saturated heterocycles. The normalized spacial score (nSPS) is 21.3.